The van der Waals surface area contributed by atoms with Crippen molar-refractivity contribution >= 4 is 12.0 Å². The first-order valence-corrected chi connectivity index (χ1v) is 6.43. The van der Waals surface area contributed by atoms with Crippen molar-refractivity contribution in [3.05, 3.63) is 0 Å². The predicted octanol–water partition coefficient (Wildman–Crippen LogP) is 1.93. The summed E-state index contributed by atoms with van der Waals surface area (Å²) in [7, 11) is 1.77. The van der Waals surface area contributed by atoms with Gasteiger partial charge in [-0.3, -0.25) is 4.79 Å². The highest BCUT2D eigenvalue weighted by molar-refractivity contribution is 5.75. The molecule has 104 valence electrons. The van der Waals surface area contributed by atoms with Crippen molar-refractivity contribution in [2.75, 3.05) is 13.6 Å². The molecule has 1 aliphatic rings. The van der Waals surface area contributed by atoms with Crippen LogP contribution in [0.3, 0.4) is 0 Å². The molecule has 1 rings (SSSR count). The van der Waals surface area contributed by atoms with Crippen LogP contribution in [-0.4, -0.2) is 41.6 Å². The fourth-order valence-electron chi connectivity index (χ4n) is 2.41. The van der Waals surface area contributed by atoms with Gasteiger partial charge in [0.1, 0.15) is 0 Å². The van der Waals surface area contributed by atoms with E-state index in [0.29, 0.717) is 19.4 Å². The molecule has 5 nitrogen and oxygen atoms in total. The van der Waals surface area contributed by atoms with E-state index in [4.69, 9.17) is 5.11 Å². The molecule has 0 bridgehead atoms. The lowest BCUT2D eigenvalue weighted by Crippen LogP contribution is -2.45. The van der Waals surface area contributed by atoms with E-state index in [2.05, 4.69) is 26.1 Å². The van der Waals surface area contributed by atoms with Gasteiger partial charge in [0.05, 0.1) is 5.92 Å². The molecular formula is C13H24N2O3. The van der Waals surface area contributed by atoms with E-state index in [9.17, 15) is 9.59 Å². The van der Waals surface area contributed by atoms with Gasteiger partial charge in [-0.1, -0.05) is 20.8 Å². The molecule has 0 aromatic carbocycles. The number of amides is 2. The zero-order valence-corrected chi connectivity index (χ0v) is 11.7. The maximum absolute atomic E-state index is 11.9. The molecular weight excluding hydrogens is 232 g/mol. The first-order chi connectivity index (χ1) is 8.19. The zero-order valence-electron chi connectivity index (χ0n) is 11.7. The molecule has 0 saturated heterocycles. The van der Waals surface area contributed by atoms with Gasteiger partial charge in [0.15, 0.2) is 0 Å². The van der Waals surface area contributed by atoms with E-state index in [1.54, 1.807) is 11.9 Å². The maximum atomic E-state index is 11.9. The summed E-state index contributed by atoms with van der Waals surface area (Å²) in [6, 6.07) is -0.109. The maximum Gasteiger partial charge on any atom is 0.317 e. The van der Waals surface area contributed by atoms with Crippen molar-refractivity contribution in [3.63, 3.8) is 0 Å². The van der Waals surface area contributed by atoms with Gasteiger partial charge in [-0.2, -0.15) is 0 Å². The van der Waals surface area contributed by atoms with E-state index in [1.807, 2.05) is 0 Å². The monoisotopic (exact) mass is 256 g/mol. The number of rotatable bonds is 3. The molecule has 0 aromatic rings. The average Bonchev–Trinajstić information content (AvgIpc) is 2.63. The van der Waals surface area contributed by atoms with Crippen LogP contribution < -0.4 is 5.32 Å². The highest BCUT2D eigenvalue weighted by Gasteiger charge is 2.31. The second kappa shape index (κ2) is 5.59. The van der Waals surface area contributed by atoms with Gasteiger partial charge < -0.3 is 15.3 Å². The molecule has 0 spiro atoms. The van der Waals surface area contributed by atoms with Gasteiger partial charge in [-0.15, -0.1) is 0 Å². The first kappa shape index (κ1) is 14.8. The SMILES string of the molecule is CN(CC(C)(C)C)C(=O)N[C@H]1CC[C@@H](C(=O)O)C1. The Morgan fingerprint density at radius 3 is 2.39 bits per heavy atom. The summed E-state index contributed by atoms with van der Waals surface area (Å²) in [4.78, 5) is 24.4. The lowest BCUT2D eigenvalue weighted by molar-refractivity contribution is -0.141. The van der Waals surface area contributed by atoms with E-state index in [0.717, 1.165) is 6.42 Å². The standard InChI is InChI=1S/C13H24N2O3/c1-13(2,3)8-15(4)12(18)14-10-6-5-9(7-10)11(16)17/h9-10H,5-8H2,1-4H3,(H,14,18)(H,16,17)/t9-,10+/m1/s1. The van der Waals surface area contributed by atoms with Gasteiger partial charge in [0.2, 0.25) is 0 Å². The van der Waals surface area contributed by atoms with Crippen LogP contribution >= 0.6 is 0 Å². The van der Waals surface area contributed by atoms with Crippen LogP contribution in [-0.2, 0) is 4.79 Å². The molecule has 0 aromatic heterocycles. The van der Waals surface area contributed by atoms with E-state index in [1.165, 1.54) is 0 Å². The number of carbonyl (C=O) groups is 2. The molecule has 1 fully saturated rings. The van der Waals surface area contributed by atoms with Crippen molar-refractivity contribution < 1.29 is 14.7 Å². The van der Waals surface area contributed by atoms with Crippen LogP contribution in [0.4, 0.5) is 4.79 Å². The largest absolute Gasteiger partial charge is 0.481 e. The minimum atomic E-state index is -0.755. The molecule has 1 aliphatic carbocycles. The first-order valence-electron chi connectivity index (χ1n) is 6.43. The summed E-state index contributed by atoms with van der Waals surface area (Å²) < 4.78 is 0. The summed E-state index contributed by atoms with van der Waals surface area (Å²) in [5.74, 6) is -1.06. The molecule has 5 heteroatoms. The lowest BCUT2D eigenvalue weighted by Gasteiger charge is -2.28. The summed E-state index contributed by atoms with van der Waals surface area (Å²) in [6.45, 7) is 6.90. The highest BCUT2D eigenvalue weighted by atomic mass is 16.4. The number of nitrogens with zero attached hydrogens (tertiary/aromatic N) is 1. The molecule has 2 amide bonds. The van der Waals surface area contributed by atoms with Crippen LogP contribution in [0, 0.1) is 11.3 Å². The second-order valence-electron chi connectivity index (χ2n) is 6.41. The van der Waals surface area contributed by atoms with E-state index < -0.39 is 5.97 Å². The Balaban J connectivity index is 2.39. The highest BCUT2D eigenvalue weighted by Crippen LogP contribution is 2.25. The average molecular weight is 256 g/mol. The number of carbonyl (C=O) groups excluding carboxylic acids is 1. The van der Waals surface area contributed by atoms with Gasteiger partial charge in [-0.25, -0.2) is 4.79 Å². The smallest absolute Gasteiger partial charge is 0.317 e. The second-order valence-corrected chi connectivity index (χ2v) is 6.41. The Morgan fingerprint density at radius 1 is 1.33 bits per heavy atom. The molecule has 18 heavy (non-hydrogen) atoms. The van der Waals surface area contributed by atoms with Crippen molar-refractivity contribution in [1.82, 2.24) is 10.2 Å². The summed E-state index contributed by atoms with van der Waals surface area (Å²) in [6.07, 6.45) is 1.96. The molecule has 2 atom stereocenters. The Hall–Kier alpha value is -1.26. The number of carboxylic acids is 1. The Kier molecular flexibility index (Phi) is 4.59. The summed E-state index contributed by atoms with van der Waals surface area (Å²) in [5, 5.41) is 11.8. The molecule has 0 aliphatic heterocycles. The number of carboxylic acid groups (broad SMARTS) is 1. The van der Waals surface area contributed by atoms with Crippen molar-refractivity contribution in [3.8, 4) is 0 Å². The minimum absolute atomic E-state index is 0.000943. The van der Waals surface area contributed by atoms with Crippen molar-refractivity contribution in [2.45, 2.75) is 46.1 Å². The van der Waals surface area contributed by atoms with Crippen LogP contribution in [0.25, 0.3) is 0 Å². The molecule has 0 unspecified atom stereocenters. The van der Waals surface area contributed by atoms with Crippen LogP contribution in [0.2, 0.25) is 0 Å². The number of urea groups is 1. The normalized spacial score (nSPS) is 23.8. The van der Waals surface area contributed by atoms with Crippen molar-refractivity contribution in [2.24, 2.45) is 11.3 Å². The third-order valence-electron chi connectivity index (χ3n) is 3.17. The summed E-state index contributed by atoms with van der Waals surface area (Å²) in [5.41, 5.74) is 0.0609. The lowest BCUT2D eigenvalue weighted by atomic mass is 9.96. The van der Waals surface area contributed by atoms with Crippen LogP contribution in [0.1, 0.15) is 40.0 Å². The molecule has 2 N–H and O–H groups in total. The number of hydrogen-bond donors (Lipinski definition) is 2. The van der Waals surface area contributed by atoms with Crippen LogP contribution in [0.5, 0.6) is 0 Å². The van der Waals surface area contributed by atoms with Crippen LogP contribution in [0.15, 0.2) is 0 Å². The zero-order chi connectivity index (χ0) is 13.9. The quantitative estimate of drug-likeness (QED) is 0.810. The predicted molar refractivity (Wildman–Crippen MR) is 69.4 cm³/mol. The van der Waals surface area contributed by atoms with Gasteiger partial charge in [0.25, 0.3) is 0 Å². The Labute approximate surface area is 109 Å². The minimum Gasteiger partial charge on any atom is -0.481 e. The molecule has 0 radical (unpaired) electrons. The van der Waals surface area contributed by atoms with Gasteiger partial charge >= 0.3 is 12.0 Å². The fraction of sp³-hybridized carbons (Fsp3) is 0.846. The van der Waals surface area contributed by atoms with Gasteiger partial charge in [0, 0.05) is 19.6 Å². The number of aliphatic carboxylic acids is 1. The van der Waals surface area contributed by atoms with E-state index in [-0.39, 0.29) is 23.4 Å². The Morgan fingerprint density at radius 2 is 1.94 bits per heavy atom. The number of hydrogen-bond acceptors (Lipinski definition) is 2. The van der Waals surface area contributed by atoms with Crippen molar-refractivity contribution in [1.29, 1.82) is 0 Å². The fourth-order valence-corrected chi connectivity index (χ4v) is 2.41. The van der Waals surface area contributed by atoms with Gasteiger partial charge in [-0.05, 0) is 24.7 Å². The van der Waals surface area contributed by atoms with E-state index >= 15 is 0 Å². The summed E-state index contributed by atoms with van der Waals surface area (Å²) >= 11 is 0. The number of nitrogens with one attached hydrogen (secondary N) is 1. The third-order valence-corrected chi connectivity index (χ3v) is 3.17. The molecule has 0 heterocycles. The third kappa shape index (κ3) is 4.55. The Bertz CT molecular complexity index is 323. The molecule has 1 saturated carbocycles. The topological polar surface area (TPSA) is 69.6 Å².